The van der Waals surface area contributed by atoms with Gasteiger partial charge >= 0.3 is 0 Å². The van der Waals surface area contributed by atoms with E-state index in [1.807, 2.05) is 18.2 Å². The van der Waals surface area contributed by atoms with Crippen molar-refractivity contribution >= 4 is 5.69 Å². The van der Waals surface area contributed by atoms with E-state index in [4.69, 9.17) is 11.6 Å². The van der Waals surface area contributed by atoms with Crippen molar-refractivity contribution in [3.63, 3.8) is 0 Å². The van der Waals surface area contributed by atoms with Crippen LogP contribution in [0.5, 0.6) is 0 Å². The minimum atomic E-state index is 0.177. The third kappa shape index (κ3) is 2.85. The maximum Gasteiger partial charge on any atom is 0.0508 e. The highest BCUT2D eigenvalue weighted by atomic mass is 15.2. The van der Waals surface area contributed by atoms with Crippen molar-refractivity contribution in [1.82, 2.24) is 5.43 Å². The molecule has 3 nitrogen and oxygen atoms in total. The minimum absolute atomic E-state index is 0.177. The van der Waals surface area contributed by atoms with Crippen LogP contribution in [0.15, 0.2) is 24.3 Å². The molecule has 0 aliphatic heterocycles. The second-order valence-corrected chi connectivity index (χ2v) is 5.95. The Bertz CT molecular complexity index is 381. The van der Waals surface area contributed by atoms with E-state index in [9.17, 15) is 0 Å². The van der Waals surface area contributed by atoms with E-state index < -0.39 is 0 Å². The number of nitrogens with two attached hydrogens (primary N) is 2. The fourth-order valence-corrected chi connectivity index (χ4v) is 3.56. The maximum atomic E-state index is 6.08. The summed E-state index contributed by atoms with van der Waals surface area (Å²) in [6, 6.07) is 8.22. The van der Waals surface area contributed by atoms with E-state index in [2.05, 4.69) is 25.3 Å². The van der Waals surface area contributed by atoms with Crippen molar-refractivity contribution in [2.75, 3.05) is 5.73 Å². The van der Waals surface area contributed by atoms with Crippen molar-refractivity contribution in [1.29, 1.82) is 0 Å². The van der Waals surface area contributed by atoms with Crippen LogP contribution in [0, 0.1) is 17.8 Å². The first-order chi connectivity index (χ1) is 8.61. The lowest BCUT2D eigenvalue weighted by molar-refractivity contribution is 0.177. The summed E-state index contributed by atoms with van der Waals surface area (Å²) >= 11 is 0. The minimum Gasteiger partial charge on any atom is -0.398 e. The van der Waals surface area contributed by atoms with Gasteiger partial charge in [-0.15, -0.1) is 0 Å². The predicted molar refractivity (Wildman–Crippen MR) is 76.6 cm³/mol. The molecule has 0 aromatic heterocycles. The SMILES string of the molecule is CC1CC(C)CC(C(NN)c2ccccc2N)C1. The van der Waals surface area contributed by atoms with Crippen molar-refractivity contribution in [3.05, 3.63) is 29.8 Å². The molecule has 0 heterocycles. The third-order valence-corrected chi connectivity index (χ3v) is 4.20. The molecule has 0 bridgehead atoms. The molecule has 0 saturated heterocycles. The van der Waals surface area contributed by atoms with Crippen LogP contribution in [0.2, 0.25) is 0 Å². The Labute approximate surface area is 110 Å². The molecule has 3 unspecified atom stereocenters. The van der Waals surface area contributed by atoms with E-state index >= 15 is 0 Å². The Kier molecular flexibility index (Phi) is 4.25. The standard InChI is InChI=1S/C15H25N3/c1-10-7-11(2)9-12(8-10)15(18-17)13-5-3-4-6-14(13)16/h3-6,10-12,15,18H,7-9,16-17H2,1-2H3. The molecule has 0 amide bonds. The van der Waals surface area contributed by atoms with Crippen LogP contribution in [-0.2, 0) is 0 Å². The quantitative estimate of drug-likeness (QED) is 0.437. The zero-order valence-corrected chi connectivity index (χ0v) is 11.4. The molecule has 1 aliphatic rings. The molecule has 5 N–H and O–H groups in total. The maximum absolute atomic E-state index is 6.08. The number of hydrogen-bond acceptors (Lipinski definition) is 3. The fourth-order valence-electron chi connectivity index (χ4n) is 3.56. The van der Waals surface area contributed by atoms with Gasteiger partial charge in [0.15, 0.2) is 0 Å². The van der Waals surface area contributed by atoms with E-state index in [1.165, 1.54) is 19.3 Å². The van der Waals surface area contributed by atoms with Gasteiger partial charge in [-0.05, 0) is 48.6 Å². The van der Waals surface area contributed by atoms with Crippen molar-refractivity contribution < 1.29 is 0 Å². The number of hydrogen-bond donors (Lipinski definition) is 3. The Morgan fingerprint density at radius 3 is 2.28 bits per heavy atom. The predicted octanol–water partition coefficient (Wildman–Crippen LogP) is 2.85. The van der Waals surface area contributed by atoms with Crippen LogP contribution in [0.4, 0.5) is 5.69 Å². The van der Waals surface area contributed by atoms with Crippen LogP contribution in [0.25, 0.3) is 0 Å². The highest BCUT2D eigenvalue weighted by Gasteiger charge is 2.31. The zero-order valence-electron chi connectivity index (χ0n) is 11.4. The van der Waals surface area contributed by atoms with E-state index in [-0.39, 0.29) is 6.04 Å². The van der Waals surface area contributed by atoms with E-state index in [1.54, 1.807) is 0 Å². The highest BCUT2D eigenvalue weighted by Crippen LogP contribution is 2.40. The Hall–Kier alpha value is -1.06. The smallest absolute Gasteiger partial charge is 0.0508 e. The number of rotatable bonds is 3. The number of hydrazine groups is 1. The van der Waals surface area contributed by atoms with Crippen molar-refractivity contribution in [3.8, 4) is 0 Å². The summed E-state index contributed by atoms with van der Waals surface area (Å²) in [6.07, 6.45) is 3.79. The summed E-state index contributed by atoms with van der Waals surface area (Å²) in [5.74, 6) is 7.93. The topological polar surface area (TPSA) is 64.1 Å². The Morgan fingerprint density at radius 1 is 1.11 bits per heavy atom. The summed E-state index contributed by atoms with van der Waals surface area (Å²) in [7, 11) is 0. The van der Waals surface area contributed by atoms with Gasteiger partial charge in [-0.25, -0.2) is 0 Å². The Morgan fingerprint density at radius 2 is 1.72 bits per heavy atom. The molecular weight excluding hydrogens is 222 g/mol. The zero-order chi connectivity index (χ0) is 13.1. The van der Waals surface area contributed by atoms with E-state index in [0.717, 1.165) is 23.1 Å². The molecule has 3 atom stereocenters. The van der Waals surface area contributed by atoms with Gasteiger partial charge in [0.2, 0.25) is 0 Å². The molecule has 1 aliphatic carbocycles. The molecule has 1 saturated carbocycles. The lowest BCUT2D eigenvalue weighted by Crippen LogP contribution is -2.37. The first-order valence-electron chi connectivity index (χ1n) is 6.92. The molecule has 1 aromatic carbocycles. The number of nitrogens with one attached hydrogen (secondary N) is 1. The lowest BCUT2D eigenvalue weighted by Gasteiger charge is -2.36. The number of anilines is 1. The molecule has 1 fully saturated rings. The average molecular weight is 247 g/mol. The van der Waals surface area contributed by atoms with Gasteiger partial charge in [0.05, 0.1) is 6.04 Å². The van der Waals surface area contributed by atoms with Gasteiger partial charge in [0.25, 0.3) is 0 Å². The van der Waals surface area contributed by atoms with Crippen LogP contribution >= 0.6 is 0 Å². The molecule has 100 valence electrons. The summed E-state index contributed by atoms with van der Waals surface area (Å²) in [4.78, 5) is 0. The van der Waals surface area contributed by atoms with E-state index in [0.29, 0.717) is 5.92 Å². The highest BCUT2D eigenvalue weighted by molar-refractivity contribution is 5.48. The molecular formula is C15H25N3. The molecule has 3 heteroatoms. The summed E-state index contributed by atoms with van der Waals surface area (Å²) in [6.45, 7) is 4.68. The normalized spacial score (nSPS) is 30.1. The average Bonchev–Trinajstić information content (AvgIpc) is 2.31. The van der Waals surface area contributed by atoms with Gasteiger partial charge in [0.1, 0.15) is 0 Å². The van der Waals surface area contributed by atoms with Gasteiger partial charge in [-0.1, -0.05) is 32.0 Å². The number of nitrogen functional groups attached to an aromatic ring is 1. The van der Waals surface area contributed by atoms with Crippen LogP contribution in [0.1, 0.15) is 44.7 Å². The van der Waals surface area contributed by atoms with Gasteiger partial charge in [-0.3, -0.25) is 11.3 Å². The van der Waals surface area contributed by atoms with Gasteiger partial charge < -0.3 is 5.73 Å². The van der Waals surface area contributed by atoms with Crippen molar-refractivity contribution in [2.24, 2.45) is 23.6 Å². The third-order valence-electron chi connectivity index (χ3n) is 4.20. The van der Waals surface area contributed by atoms with Crippen LogP contribution in [-0.4, -0.2) is 0 Å². The molecule has 0 spiro atoms. The summed E-state index contributed by atoms with van der Waals surface area (Å²) < 4.78 is 0. The second kappa shape index (κ2) is 5.72. The molecule has 0 radical (unpaired) electrons. The number of benzene rings is 1. The summed E-state index contributed by atoms with van der Waals surface area (Å²) in [5, 5.41) is 0. The fraction of sp³-hybridized carbons (Fsp3) is 0.600. The van der Waals surface area contributed by atoms with Gasteiger partial charge in [0, 0.05) is 5.69 Å². The van der Waals surface area contributed by atoms with Crippen molar-refractivity contribution in [2.45, 2.75) is 39.2 Å². The molecule has 2 rings (SSSR count). The first-order valence-corrected chi connectivity index (χ1v) is 6.92. The number of para-hydroxylation sites is 1. The first kappa shape index (κ1) is 13.4. The van der Waals surface area contributed by atoms with Gasteiger partial charge in [-0.2, -0.15) is 0 Å². The van der Waals surface area contributed by atoms with Crippen LogP contribution in [0.3, 0.4) is 0 Å². The second-order valence-electron chi connectivity index (χ2n) is 5.95. The van der Waals surface area contributed by atoms with Crippen LogP contribution < -0.4 is 17.0 Å². The summed E-state index contributed by atoms with van der Waals surface area (Å²) in [5.41, 5.74) is 11.1. The lowest BCUT2D eigenvalue weighted by atomic mass is 9.72. The molecule has 18 heavy (non-hydrogen) atoms. The largest absolute Gasteiger partial charge is 0.398 e. The molecule has 1 aromatic rings. The Balaban J connectivity index is 2.20. The monoisotopic (exact) mass is 247 g/mol.